The van der Waals surface area contributed by atoms with E-state index in [-0.39, 0.29) is 17.9 Å². The van der Waals surface area contributed by atoms with Crippen molar-refractivity contribution < 1.29 is 4.39 Å². The molecule has 0 aliphatic rings. The Hall–Kier alpha value is -2.79. The van der Waals surface area contributed by atoms with E-state index in [2.05, 4.69) is 4.98 Å². The molecule has 2 aromatic heterocycles. The first-order valence-electron chi connectivity index (χ1n) is 7.90. The Balaban J connectivity index is 1.85. The molecule has 0 aliphatic carbocycles. The number of hydrogen-bond donors (Lipinski definition) is 0. The van der Waals surface area contributed by atoms with E-state index < -0.39 is 0 Å². The standard InChI is InChI=1S/C20H15FN2OS/c1-13-6-8-14(9-7-13)16-11-25-19-18(16)20(24)23(12-22-19)10-15-4-2-3-5-17(15)21/h2-9,11-12H,10H2,1H3. The van der Waals surface area contributed by atoms with Crippen molar-refractivity contribution in [2.75, 3.05) is 0 Å². The van der Waals surface area contributed by atoms with Gasteiger partial charge < -0.3 is 0 Å². The van der Waals surface area contributed by atoms with E-state index in [4.69, 9.17) is 0 Å². The Bertz CT molecular complexity index is 1110. The van der Waals surface area contributed by atoms with Crippen molar-refractivity contribution in [3.8, 4) is 11.1 Å². The van der Waals surface area contributed by atoms with Crippen LogP contribution >= 0.6 is 11.3 Å². The lowest BCUT2D eigenvalue weighted by Gasteiger charge is -2.07. The highest BCUT2D eigenvalue weighted by atomic mass is 32.1. The fourth-order valence-electron chi connectivity index (χ4n) is 2.84. The van der Waals surface area contributed by atoms with Gasteiger partial charge in [0.1, 0.15) is 10.6 Å². The van der Waals surface area contributed by atoms with E-state index in [1.54, 1.807) is 18.2 Å². The first-order valence-corrected chi connectivity index (χ1v) is 8.78. The van der Waals surface area contributed by atoms with E-state index >= 15 is 0 Å². The van der Waals surface area contributed by atoms with Crippen molar-refractivity contribution >= 4 is 21.6 Å². The van der Waals surface area contributed by atoms with Crippen molar-refractivity contribution in [3.05, 3.63) is 87.5 Å². The van der Waals surface area contributed by atoms with Crippen LogP contribution in [0.4, 0.5) is 4.39 Å². The molecule has 25 heavy (non-hydrogen) atoms. The fourth-order valence-corrected chi connectivity index (χ4v) is 3.74. The maximum Gasteiger partial charge on any atom is 0.263 e. The van der Waals surface area contributed by atoms with E-state index in [0.717, 1.165) is 11.1 Å². The molecule has 0 unspecified atom stereocenters. The number of hydrogen-bond acceptors (Lipinski definition) is 3. The molecule has 0 aliphatic heterocycles. The lowest BCUT2D eigenvalue weighted by Crippen LogP contribution is -2.21. The molecular formula is C20H15FN2OS. The second kappa shape index (κ2) is 6.26. The second-order valence-corrected chi connectivity index (χ2v) is 6.82. The van der Waals surface area contributed by atoms with E-state index in [0.29, 0.717) is 15.8 Å². The van der Waals surface area contributed by atoms with Gasteiger partial charge in [0.25, 0.3) is 5.56 Å². The van der Waals surface area contributed by atoms with Gasteiger partial charge in [0.2, 0.25) is 0 Å². The van der Waals surface area contributed by atoms with Gasteiger partial charge in [-0.3, -0.25) is 9.36 Å². The molecule has 0 spiro atoms. The van der Waals surface area contributed by atoms with Crippen LogP contribution in [-0.2, 0) is 6.54 Å². The molecule has 0 amide bonds. The quantitative estimate of drug-likeness (QED) is 0.540. The molecule has 0 radical (unpaired) electrons. The van der Waals surface area contributed by atoms with Crippen LogP contribution in [-0.4, -0.2) is 9.55 Å². The van der Waals surface area contributed by atoms with E-state index in [1.165, 1.54) is 33.9 Å². The van der Waals surface area contributed by atoms with Crippen molar-refractivity contribution in [2.24, 2.45) is 0 Å². The minimum absolute atomic E-state index is 0.148. The average molecular weight is 350 g/mol. The summed E-state index contributed by atoms with van der Waals surface area (Å²) < 4.78 is 15.4. The number of nitrogens with zero attached hydrogens (tertiary/aromatic N) is 2. The molecule has 3 nitrogen and oxygen atoms in total. The number of thiophene rings is 1. The van der Waals surface area contributed by atoms with Crippen LogP contribution in [0.5, 0.6) is 0 Å². The summed E-state index contributed by atoms with van der Waals surface area (Å²) in [6.07, 6.45) is 1.49. The summed E-state index contributed by atoms with van der Waals surface area (Å²) in [6, 6.07) is 14.5. The number of aromatic nitrogens is 2. The molecular weight excluding hydrogens is 335 g/mol. The molecule has 5 heteroatoms. The molecule has 2 heterocycles. The largest absolute Gasteiger partial charge is 0.294 e. The second-order valence-electron chi connectivity index (χ2n) is 5.96. The SMILES string of the molecule is Cc1ccc(-c2csc3ncn(Cc4ccccc4F)c(=O)c23)cc1. The normalized spacial score (nSPS) is 11.1. The summed E-state index contributed by atoms with van der Waals surface area (Å²) in [7, 11) is 0. The van der Waals surface area contributed by atoms with Crippen molar-refractivity contribution in [1.29, 1.82) is 0 Å². The molecule has 0 fully saturated rings. The summed E-state index contributed by atoms with van der Waals surface area (Å²) in [5, 5.41) is 2.55. The van der Waals surface area contributed by atoms with E-state index in [1.807, 2.05) is 36.6 Å². The predicted molar refractivity (Wildman–Crippen MR) is 99.6 cm³/mol. The van der Waals surface area contributed by atoms with Gasteiger partial charge in [-0.05, 0) is 18.6 Å². The Morgan fingerprint density at radius 1 is 1.12 bits per heavy atom. The highest BCUT2D eigenvalue weighted by Crippen LogP contribution is 2.30. The van der Waals surface area contributed by atoms with Gasteiger partial charge in [0, 0.05) is 16.5 Å². The van der Waals surface area contributed by atoms with Crippen molar-refractivity contribution in [2.45, 2.75) is 13.5 Å². The smallest absolute Gasteiger partial charge is 0.263 e. The van der Waals surface area contributed by atoms with Gasteiger partial charge >= 0.3 is 0 Å². The molecule has 2 aromatic carbocycles. The molecule has 0 bridgehead atoms. The molecule has 0 atom stereocenters. The Labute approximate surface area is 148 Å². The summed E-state index contributed by atoms with van der Waals surface area (Å²) in [6.45, 7) is 2.19. The summed E-state index contributed by atoms with van der Waals surface area (Å²) in [4.78, 5) is 18.1. The van der Waals surface area contributed by atoms with Gasteiger partial charge in [0.15, 0.2) is 0 Å². The lowest BCUT2D eigenvalue weighted by atomic mass is 10.1. The topological polar surface area (TPSA) is 34.9 Å². The molecule has 0 saturated heterocycles. The number of rotatable bonds is 3. The van der Waals surface area contributed by atoms with Gasteiger partial charge in [-0.25, -0.2) is 9.37 Å². The maximum atomic E-state index is 13.9. The molecule has 4 aromatic rings. The lowest BCUT2D eigenvalue weighted by molar-refractivity contribution is 0.595. The first-order chi connectivity index (χ1) is 12.1. The highest BCUT2D eigenvalue weighted by Gasteiger charge is 2.14. The zero-order valence-electron chi connectivity index (χ0n) is 13.6. The van der Waals surface area contributed by atoms with Crippen LogP contribution in [0.3, 0.4) is 0 Å². The van der Waals surface area contributed by atoms with E-state index in [9.17, 15) is 9.18 Å². The molecule has 0 N–H and O–H groups in total. The maximum absolute atomic E-state index is 13.9. The van der Waals surface area contributed by atoms with Crippen LogP contribution in [0.15, 0.2) is 65.0 Å². The zero-order valence-corrected chi connectivity index (χ0v) is 14.4. The average Bonchev–Trinajstić information content (AvgIpc) is 3.05. The number of fused-ring (bicyclic) bond motifs is 1. The van der Waals surface area contributed by atoms with Crippen LogP contribution in [0.1, 0.15) is 11.1 Å². The first kappa shape index (κ1) is 15.7. The Morgan fingerprint density at radius 2 is 1.88 bits per heavy atom. The zero-order chi connectivity index (χ0) is 17.4. The van der Waals surface area contributed by atoms with Crippen LogP contribution in [0.2, 0.25) is 0 Å². The van der Waals surface area contributed by atoms with Gasteiger partial charge in [0.05, 0.1) is 18.3 Å². The monoisotopic (exact) mass is 350 g/mol. The third-order valence-electron chi connectivity index (χ3n) is 4.22. The van der Waals surface area contributed by atoms with Crippen LogP contribution in [0.25, 0.3) is 21.3 Å². The van der Waals surface area contributed by atoms with Gasteiger partial charge in [-0.1, -0.05) is 48.0 Å². The summed E-state index contributed by atoms with van der Waals surface area (Å²) in [5.41, 5.74) is 3.35. The van der Waals surface area contributed by atoms with Gasteiger partial charge in [-0.15, -0.1) is 11.3 Å². The Kier molecular flexibility index (Phi) is 3.93. The number of halogens is 1. The molecule has 4 rings (SSSR count). The summed E-state index contributed by atoms with van der Waals surface area (Å²) >= 11 is 1.45. The predicted octanol–water partition coefficient (Wildman–Crippen LogP) is 4.62. The van der Waals surface area contributed by atoms with Crippen LogP contribution < -0.4 is 5.56 Å². The third-order valence-corrected chi connectivity index (χ3v) is 5.11. The third kappa shape index (κ3) is 2.87. The van der Waals surface area contributed by atoms with Crippen molar-refractivity contribution in [3.63, 3.8) is 0 Å². The number of aryl methyl sites for hydroxylation is 1. The fraction of sp³-hybridized carbons (Fsp3) is 0.100. The molecule has 124 valence electrons. The minimum atomic E-state index is -0.321. The minimum Gasteiger partial charge on any atom is -0.294 e. The Morgan fingerprint density at radius 3 is 2.64 bits per heavy atom. The van der Waals surface area contributed by atoms with Crippen LogP contribution in [0, 0.1) is 12.7 Å². The molecule has 0 saturated carbocycles. The van der Waals surface area contributed by atoms with Gasteiger partial charge in [-0.2, -0.15) is 0 Å². The summed E-state index contributed by atoms with van der Waals surface area (Å²) in [5.74, 6) is -0.321. The van der Waals surface area contributed by atoms with Crippen molar-refractivity contribution in [1.82, 2.24) is 9.55 Å². The number of benzene rings is 2. The highest BCUT2D eigenvalue weighted by molar-refractivity contribution is 7.17.